The van der Waals surface area contributed by atoms with Crippen molar-refractivity contribution < 1.29 is 14.3 Å². The summed E-state index contributed by atoms with van der Waals surface area (Å²) in [5.74, 6) is 0.288. The van der Waals surface area contributed by atoms with Gasteiger partial charge in [0.2, 0.25) is 0 Å². The summed E-state index contributed by atoms with van der Waals surface area (Å²) in [5, 5.41) is 0.676. The van der Waals surface area contributed by atoms with Gasteiger partial charge in [-0.05, 0) is 25.1 Å². The minimum absolute atomic E-state index is 0.355. The third kappa shape index (κ3) is 4.91. The van der Waals surface area contributed by atoms with E-state index in [0.29, 0.717) is 17.7 Å². The summed E-state index contributed by atoms with van der Waals surface area (Å²) in [5.41, 5.74) is 0.993. The summed E-state index contributed by atoms with van der Waals surface area (Å²) < 4.78 is 11.1. The van der Waals surface area contributed by atoms with Gasteiger partial charge in [-0.2, -0.15) is 0 Å². The molecule has 0 unspecified atom stereocenters. The van der Waals surface area contributed by atoms with Crippen molar-refractivity contribution in [3.63, 3.8) is 0 Å². The first kappa shape index (κ1) is 14.3. The first-order valence-electron chi connectivity index (χ1n) is 5.01. The van der Waals surface area contributed by atoms with Gasteiger partial charge in [-0.25, -0.2) is 4.79 Å². The Hall–Kier alpha value is -0.810. The second-order valence-electron chi connectivity index (χ2n) is 3.06. The average Bonchev–Trinajstić information content (AvgIpc) is 2.31. The molecule has 92 valence electrons. The Morgan fingerprint density at radius 1 is 1.47 bits per heavy atom. The van der Waals surface area contributed by atoms with Crippen LogP contribution in [-0.2, 0) is 14.9 Å². The Morgan fingerprint density at radius 2 is 2.24 bits per heavy atom. The molecule has 0 fully saturated rings. The third-order valence-corrected chi connectivity index (χ3v) is 2.95. The zero-order valence-electron chi connectivity index (χ0n) is 9.28. The van der Waals surface area contributed by atoms with Crippen molar-refractivity contribution in [3.8, 4) is 5.75 Å². The zero-order valence-corrected chi connectivity index (χ0v) is 12.5. The van der Waals surface area contributed by atoms with Crippen LogP contribution in [0.4, 0.5) is 0 Å². The molecule has 0 aliphatic carbocycles. The van der Waals surface area contributed by atoms with Crippen LogP contribution < -0.4 is 4.74 Å². The van der Waals surface area contributed by atoms with Crippen LogP contribution in [0.2, 0.25) is 0 Å². The van der Waals surface area contributed by atoms with Crippen molar-refractivity contribution >= 4 is 37.8 Å². The van der Waals surface area contributed by atoms with Crippen LogP contribution in [0, 0.1) is 0 Å². The number of carbonyl (C=O) groups excluding carboxylic acids is 1. The lowest BCUT2D eigenvalue weighted by atomic mass is 10.2. The Balaban J connectivity index is 2.65. The second-order valence-corrected chi connectivity index (χ2v) is 4.53. The Bertz CT molecular complexity index is 416. The van der Waals surface area contributed by atoms with Gasteiger partial charge in [0, 0.05) is 15.4 Å². The van der Waals surface area contributed by atoms with E-state index in [-0.39, 0.29) is 0 Å². The van der Waals surface area contributed by atoms with Gasteiger partial charge in [0.05, 0.1) is 18.9 Å². The average molecular weight is 364 g/mol. The lowest BCUT2D eigenvalue weighted by Crippen LogP contribution is -2.00. The summed E-state index contributed by atoms with van der Waals surface area (Å²) in [4.78, 5) is 11.0. The molecule has 0 aliphatic heterocycles. The van der Waals surface area contributed by atoms with E-state index >= 15 is 0 Å². The van der Waals surface area contributed by atoms with Crippen molar-refractivity contribution in [1.82, 2.24) is 0 Å². The van der Waals surface area contributed by atoms with E-state index in [9.17, 15) is 4.79 Å². The first-order chi connectivity index (χ1) is 8.17. The van der Waals surface area contributed by atoms with E-state index in [1.165, 1.54) is 12.3 Å². The predicted octanol–water partition coefficient (Wildman–Crippen LogP) is 3.80. The van der Waals surface area contributed by atoms with E-state index in [2.05, 4.69) is 31.9 Å². The molecule has 3 nitrogen and oxygen atoms in total. The van der Waals surface area contributed by atoms with Crippen LogP contribution in [0.25, 0.3) is 0 Å². The molecular weight excluding hydrogens is 352 g/mol. The van der Waals surface area contributed by atoms with Crippen LogP contribution in [0.3, 0.4) is 0 Å². The standard InChI is InChI=1S/C12H12Br2O3/c1-2-16-12(15)5-6-17-11-4-3-10(14)7-9(11)8-13/h3-7H,2,8H2,1H3/b6-5+. The molecule has 1 aromatic carbocycles. The topological polar surface area (TPSA) is 35.5 Å². The highest BCUT2D eigenvalue weighted by Gasteiger charge is 2.02. The molecule has 0 amide bonds. The number of halogens is 2. The van der Waals surface area contributed by atoms with Gasteiger partial charge in [0.25, 0.3) is 0 Å². The molecule has 0 aromatic heterocycles. The zero-order chi connectivity index (χ0) is 12.7. The number of ether oxygens (including phenoxy) is 2. The smallest absolute Gasteiger partial charge is 0.333 e. The van der Waals surface area contributed by atoms with Gasteiger partial charge >= 0.3 is 5.97 Å². The van der Waals surface area contributed by atoms with Crippen LogP contribution in [0.1, 0.15) is 12.5 Å². The molecule has 1 aromatic rings. The number of hydrogen-bond donors (Lipinski definition) is 0. The molecule has 0 radical (unpaired) electrons. The van der Waals surface area contributed by atoms with E-state index in [1.807, 2.05) is 18.2 Å². The fourth-order valence-electron chi connectivity index (χ4n) is 1.12. The molecule has 0 saturated carbocycles. The quantitative estimate of drug-likeness (QED) is 0.345. The highest BCUT2D eigenvalue weighted by Crippen LogP contribution is 2.25. The molecule has 0 bridgehead atoms. The van der Waals surface area contributed by atoms with Gasteiger partial charge in [0.15, 0.2) is 0 Å². The van der Waals surface area contributed by atoms with Gasteiger partial charge < -0.3 is 9.47 Å². The highest BCUT2D eigenvalue weighted by molar-refractivity contribution is 9.10. The van der Waals surface area contributed by atoms with Gasteiger partial charge in [-0.1, -0.05) is 31.9 Å². The van der Waals surface area contributed by atoms with Crippen molar-refractivity contribution in [3.05, 3.63) is 40.6 Å². The monoisotopic (exact) mass is 362 g/mol. The van der Waals surface area contributed by atoms with E-state index in [4.69, 9.17) is 9.47 Å². The lowest BCUT2D eigenvalue weighted by Gasteiger charge is -2.06. The minimum Gasteiger partial charge on any atom is -0.464 e. The molecule has 1 rings (SSSR count). The van der Waals surface area contributed by atoms with Gasteiger partial charge in [0.1, 0.15) is 5.75 Å². The molecule has 0 spiro atoms. The lowest BCUT2D eigenvalue weighted by molar-refractivity contribution is -0.137. The van der Waals surface area contributed by atoms with Crippen LogP contribution in [-0.4, -0.2) is 12.6 Å². The molecule has 0 heterocycles. The number of benzene rings is 1. The Kier molecular flexibility index (Phi) is 6.29. The second kappa shape index (κ2) is 7.50. The fraction of sp³-hybridized carbons (Fsp3) is 0.250. The summed E-state index contributed by atoms with van der Waals surface area (Å²) in [6.07, 6.45) is 2.58. The van der Waals surface area contributed by atoms with Crippen LogP contribution in [0.15, 0.2) is 35.0 Å². The third-order valence-electron chi connectivity index (χ3n) is 1.85. The Labute approximate surface area is 117 Å². The maximum atomic E-state index is 11.0. The van der Waals surface area contributed by atoms with Gasteiger partial charge in [-0.3, -0.25) is 0 Å². The maximum Gasteiger partial charge on any atom is 0.333 e. The number of carbonyl (C=O) groups is 1. The predicted molar refractivity (Wildman–Crippen MR) is 73.2 cm³/mol. The van der Waals surface area contributed by atoms with Crippen LogP contribution >= 0.6 is 31.9 Å². The SMILES string of the molecule is CCOC(=O)/C=C/Oc1ccc(Br)cc1CBr. The van der Waals surface area contributed by atoms with Crippen molar-refractivity contribution in [1.29, 1.82) is 0 Å². The maximum absolute atomic E-state index is 11.0. The van der Waals surface area contributed by atoms with Crippen LogP contribution in [0.5, 0.6) is 5.75 Å². The molecule has 0 atom stereocenters. The molecule has 0 saturated heterocycles. The Morgan fingerprint density at radius 3 is 2.88 bits per heavy atom. The van der Waals surface area contributed by atoms with E-state index < -0.39 is 5.97 Å². The van der Waals surface area contributed by atoms with E-state index in [1.54, 1.807) is 6.92 Å². The molecule has 0 aliphatic rings. The molecular formula is C12H12Br2O3. The van der Waals surface area contributed by atoms with Crippen molar-refractivity contribution in [2.45, 2.75) is 12.3 Å². The summed E-state index contributed by atoms with van der Waals surface area (Å²) >= 11 is 6.75. The normalized spacial score (nSPS) is 10.5. The minimum atomic E-state index is -0.412. The summed E-state index contributed by atoms with van der Waals surface area (Å²) in [6, 6.07) is 5.65. The largest absolute Gasteiger partial charge is 0.464 e. The van der Waals surface area contributed by atoms with E-state index in [0.717, 1.165) is 10.0 Å². The summed E-state index contributed by atoms with van der Waals surface area (Å²) in [6.45, 7) is 2.11. The highest BCUT2D eigenvalue weighted by atomic mass is 79.9. The fourth-order valence-corrected chi connectivity index (χ4v) is 1.97. The molecule has 17 heavy (non-hydrogen) atoms. The number of hydrogen-bond acceptors (Lipinski definition) is 3. The summed E-state index contributed by atoms with van der Waals surface area (Å²) in [7, 11) is 0. The van der Waals surface area contributed by atoms with Gasteiger partial charge in [-0.15, -0.1) is 0 Å². The molecule has 5 heteroatoms. The van der Waals surface area contributed by atoms with Crippen molar-refractivity contribution in [2.24, 2.45) is 0 Å². The first-order valence-corrected chi connectivity index (χ1v) is 6.93. The van der Waals surface area contributed by atoms with Crippen molar-refractivity contribution in [2.75, 3.05) is 6.61 Å². The number of rotatable bonds is 5. The number of alkyl halides is 1. The molecule has 0 N–H and O–H groups in total. The number of esters is 1.